The van der Waals surface area contributed by atoms with Gasteiger partial charge in [0.05, 0.1) is 0 Å². The summed E-state index contributed by atoms with van der Waals surface area (Å²) in [5.41, 5.74) is 1.70. The van der Waals surface area contributed by atoms with E-state index in [0.29, 0.717) is 5.82 Å². The van der Waals surface area contributed by atoms with Crippen molar-refractivity contribution in [2.75, 3.05) is 0 Å². The second kappa shape index (κ2) is 5.77. The van der Waals surface area contributed by atoms with Gasteiger partial charge < -0.3 is 14.8 Å². The van der Waals surface area contributed by atoms with Gasteiger partial charge in [0.25, 0.3) is 5.82 Å². The summed E-state index contributed by atoms with van der Waals surface area (Å²) in [5.74, 6) is 0.431. The van der Waals surface area contributed by atoms with Crippen LogP contribution in [0.3, 0.4) is 0 Å². The number of aromatic amines is 2. The van der Waals surface area contributed by atoms with E-state index >= 15 is 0 Å². The quantitative estimate of drug-likeness (QED) is 0.367. The largest absolute Gasteiger partial charge is 0.361 e. The molecule has 5 nitrogen and oxygen atoms in total. The minimum absolute atomic E-state index is 0.431. The maximum absolute atomic E-state index is 6.72. The summed E-state index contributed by atoms with van der Waals surface area (Å²) in [7, 11) is 0. The molecule has 21 heavy (non-hydrogen) atoms. The van der Waals surface area contributed by atoms with Gasteiger partial charge in [-0.3, -0.25) is 0 Å². The van der Waals surface area contributed by atoms with Crippen LogP contribution in [-0.2, 0) is 0 Å². The van der Waals surface area contributed by atoms with Gasteiger partial charge in [0, 0.05) is 23.2 Å². The minimum atomic E-state index is 0.431. The highest BCUT2D eigenvalue weighted by Crippen LogP contribution is 2.15. The lowest BCUT2D eigenvalue weighted by Crippen LogP contribution is -1.75. The molecule has 0 unspecified atom stereocenters. The third-order valence-electron chi connectivity index (χ3n) is 2.88. The zero-order valence-electron chi connectivity index (χ0n) is 10.8. The summed E-state index contributed by atoms with van der Waals surface area (Å²) >= 11 is 3.29. The van der Waals surface area contributed by atoms with Crippen molar-refractivity contribution in [2.45, 2.75) is 0 Å². The molecule has 0 radical (unpaired) electrons. The Morgan fingerprint density at radius 1 is 0.857 bits per heavy atom. The second-order valence-electron chi connectivity index (χ2n) is 4.25. The minimum Gasteiger partial charge on any atom is -0.361 e. The lowest BCUT2D eigenvalue weighted by Gasteiger charge is -1.88. The average Bonchev–Trinajstić information content (AvgIpc) is 3.15. The van der Waals surface area contributed by atoms with Crippen molar-refractivity contribution < 1.29 is 0 Å². The lowest BCUT2D eigenvalue weighted by atomic mass is 10.3. The Balaban J connectivity index is 0.000000126. The molecule has 4 aromatic rings. The number of hydrogen-bond donors (Lipinski definition) is 2. The van der Waals surface area contributed by atoms with Gasteiger partial charge in [-0.2, -0.15) is 0 Å². The first kappa shape index (κ1) is 13.3. The number of rotatable bonds is 0. The van der Waals surface area contributed by atoms with Gasteiger partial charge >= 0.3 is 0 Å². The van der Waals surface area contributed by atoms with Crippen molar-refractivity contribution in [3.63, 3.8) is 0 Å². The van der Waals surface area contributed by atoms with Crippen LogP contribution >= 0.6 is 15.9 Å². The van der Waals surface area contributed by atoms with Crippen LogP contribution in [0.5, 0.6) is 0 Å². The topological polar surface area (TPSA) is 61.7 Å². The number of nitrogens with zero attached hydrogens (tertiary/aromatic N) is 3. The van der Waals surface area contributed by atoms with Crippen LogP contribution in [0.2, 0.25) is 0 Å². The Hall–Kier alpha value is -2.65. The fraction of sp³-hybridized carbons (Fsp3) is 0. The van der Waals surface area contributed by atoms with Crippen LogP contribution in [0.1, 0.15) is 0 Å². The highest BCUT2D eigenvalue weighted by Gasteiger charge is 1.99. The Kier molecular flexibility index (Phi) is 3.67. The van der Waals surface area contributed by atoms with E-state index in [4.69, 9.17) is 6.57 Å². The molecule has 4 rings (SSSR count). The van der Waals surface area contributed by atoms with E-state index in [1.54, 1.807) is 6.07 Å². The normalized spacial score (nSPS) is 10.1. The summed E-state index contributed by atoms with van der Waals surface area (Å²) in [6.45, 7) is 6.72. The van der Waals surface area contributed by atoms with Crippen LogP contribution in [-0.4, -0.2) is 19.9 Å². The predicted octanol–water partition coefficient (Wildman–Crippen LogP) is 4.44. The fourth-order valence-corrected chi connectivity index (χ4v) is 2.20. The van der Waals surface area contributed by atoms with Gasteiger partial charge in [0.1, 0.15) is 10.3 Å². The molecule has 0 bridgehead atoms. The van der Waals surface area contributed by atoms with Gasteiger partial charge in [-0.05, 0) is 46.3 Å². The first-order chi connectivity index (χ1) is 10.3. The monoisotopic (exact) mass is 339 g/mol. The summed E-state index contributed by atoms with van der Waals surface area (Å²) in [6.07, 6.45) is 3.69. The van der Waals surface area contributed by atoms with Crippen molar-refractivity contribution in [3.05, 3.63) is 64.8 Å². The molecule has 0 aromatic carbocycles. The van der Waals surface area contributed by atoms with Gasteiger partial charge in [0.2, 0.25) is 5.65 Å². The van der Waals surface area contributed by atoms with Crippen molar-refractivity contribution >= 4 is 43.8 Å². The molecule has 4 aromatic heterocycles. The number of aromatic nitrogens is 4. The summed E-state index contributed by atoms with van der Waals surface area (Å²) in [6, 6.07) is 11.5. The SMILES string of the molecule is Brc1ccc2cc[nH]c2n1.[C-]#[N+]c1ccc2cc[nH]c2n1. The Bertz CT molecular complexity index is 932. The molecule has 6 heteroatoms. The molecule has 102 valence electrons. The highest BCUT2D eigenvalue weighted by molar-refractivity contribution is 9.10. The molecule has 0 aliphatic rings. The smallest absolute Gasteiger partial charge is 0.271 e. The number of hydrogen-bond acceptors (Lipinski definition) is 2. The standard InChI is InChI=1S/C8H5N3.C7H5BrN2/c1-9-7-3-2-6-4-5-10-8(6)11-7;8-6-2-1-5-3-4-9-7(5)10-6/h2-5H,(H,10,11);1-4H,(H,9,10). The molecule has 0 aliphatic carbocycles. The second-order valence-corrected chi connectivity index (χ2v) is 5.06. The van der Waals surface area contributed by atoms with Gasteiger partial charge in [-0.25, -0.2) is 4.98 Å². The van der Waals surface area contributed by atoms with E-state index in [1.807, 2.05) is 42.7 Å². The van der Waals surface area contributed by atoms with Crippen LogP contribution in [0.25, 0.3) is 26.9 Å². The Morgan fingerprint density at radius 3 is 2.14 bits per heavy atom. The van der Waals surface area contributed by atoms with E-state index in [0.717, 1.165) is 26.7 Å². The molecule has 0 atom stereocenters. The number of H-pyrrole nitrogens is 2. The van der Waals surface area contributed by atoms with Gasteiger partial charge in [-0.1, -0.05) is 12.6 Å². The number of pyridine rings is 2. The molecule has 4 heterocycles. The van der Waals surface area contributed by atoms with Gasteiger partial charge in [-0.15, -0.1) is 4.98 Å². The molecular weight excluding hydrogens is 330 g/mol. The molecular formula is C15H10BrN5. The van der Waals surface area contributed by atoms with E-state index in [2.05, 4.69) is 40.7 Å². The Labute approximate surface area is 129 Å². The van der Waals surface area contributed by atoms with Crippen molar-refractivity contribution in [2.24, 2.45) is 0 Å². The number of halogens is 1. The average molecular weight is 340 g/mol. The lowest BCUT2D eigenvalue weighted by molar-refractivity contribution is 1.29. The van der Waals surface area contributed by atoms with Crippen molar-refractivity contribution in [1.82, 2.24) is 19.9 Å². The molecule has 2 N–H and O–H groups in total. The van der Waals surface area contributed by atoms with Gasteiger partial charge in [0.15, 0.2) is 0 Å². The van der Waals surface area contributed by atoms with Crippen molar-refractivity contribution in [3.8, 4) is 0 Å². The Morgan fingerprint density at radius 2 is 1.48 bits per heavy atom. The van der Waals surface area contributed by atoms with Crippen LogP contribution in [0.4, 0.5) is 5.82 Å². The fourth-order valence-electron chi connectivity index (χ4n) is 1.89. The van der Waals surface area contributed by atoms with Crippen molar-refractivity contribution in [1.29, 1.82) is 0 Å². The van der Waals surface area contributed by atoms with E-state index in [9.17, 15) is 0 Å². The van der Waals surface area contributed by atoms with Crippen LogP contribution < -0.4 is 0 Å². The van der Waals surface area contributed by atoms with E-state index < -0.39 is 0 Å². The maximum Gasteiger partial charge on any atom is 0.271 e. The molecule has 0 amide bonds. The first-order valence-corrected chi connectivity index (χ1v) is 6.97. The zero-order valence-corrected chi connectivity index (χ0v) is 12.4. The third kappa shape index (κ3) is 2.93. The third-order valence-corrected chi connectivity index (χ3v) is 3.33. The van der Waals surface area contributed by atoms with E-state index in [-0.39, 0.29) is 0 Å². The molecule has 0 fully saturated rings. The summed E-state index contributed by atoms with van der Waals surface area (Å²) < 4.78 is 0.863. The van der Waals surface area contributed by atoms with E-state index in [1.165, 1.54) is 0 Å². The summed E-state index contributed by atoms with van der Waals surface area (Å²) in [4.78, 5) is 17.4. The van der Waals surface area contributed by atoms with Crippen LogP contribution in [0, 0.1) is 6.57 Å². The summed E-state index contributed by atoms with van der Waals surface area (Å²) in [5, 5.41) is 2.18. The first-order valence-electron chi connectivity index (χ1n) is 6.17. The molecule has 0 spiro atoms. The maximum atomic E-state index is 6.72. The van der Waals surface area contributed by atoms with Crippen LogP contribution in [0.15, 0.2) is 53.4 Å². The number of nitrogens with one attached hydrogen (secondary N) is 2. The zero-order chi connectivity index (χ0) is 14.7. The molecule has 0 saturated heterocycles. The number of fused-ring (bicyclic) bond motifs is 2. The molecule has 0 saturated carbocycles. The molecule has 0 aliphatic heterocycles. The highest BCUT2D eigenvalue weighted by atomic mass is 79.9. The predicted molar refractivity (Wildman–Crippen MR) is 86.1 cm³/mol.